The third-order valence-electron chi connectivity index (χ3n) is 4.84. The second kappa shape index (κ2) is 8.43. The second-order valence-corrected chi connectivity index (χ2v) is 9.56. The molecular weight excluding hydrogens is 402 g/mol. The number of rotatable bonds is 7. The Morgan fingerprint density at radius 1 is 1.23 bits per heavy atom. The Kier molecular flexibility index (Phi) is 6.12. The van der Waals surface area contributed by atoms with Crippen molar-refractivity contribution in [2.45, 2.75) is 37.0 Å². The lowest BCUT2D eigenvalue weighted by Gasteiger charge is -2.19. The molecule has 0 bridgehead atoms. The summed E-state index contributed by atoms with van der Waals surface area (Å²) in [5.74, 6) is 0.374. The van der Waals surface area contributed by atoms with Crippen LogP contribution >= 0.6 is 0 Å². The number of nitrogens with one attached hydrogen (secondary N) is 1. The fourth-order valence-corrected chi connectivity index (χ4v) is 4.67. The number of hydrogen-bond acceptors (Lipinski definition) is 6. The molecular formula is C21H27N5O3S. The summed E-state index contributed by atoms with van der Waals surface area (Å²) in [5.41, 5.74) is 0.939. The lowest BCUT2D eigenvalue weighted by atomic mass is 10.1. The van der Waals surface area contributed by atoms with Gasteiger partial charge in [0.2, 0.25) is 9.84 Å². The number of anilines is 1. The van der Waals surface area contributed by atoms with Crippen molar-refractivity contribution in [3.8, 4) is 0 Å². The number of fused-ring (bicyclic) bond motifs is 1. The fourth-order valence-electron chi connectivity index (χ4n) is 3.15. The molecule has 0 spiro atoms. The summed E-state index contributed by atoms with van der Waals surface area (Å²) in [4.78, 5) is 19.3. The summed E-state index contributed by atoms with van der Waals surface area (Å²) in [6.07, 6.45) is 0.865. The molecule has 1 amide bonds. The lowest BCUT2D eigenvalue weighted by molar-refractivity contribution is 0.0780. The van der Waals surface area contributed by atoms with Crippen molar-refractivity contribution in [2.24, 2.45) is 5.92 Å². The average Bonchev–Trinajstić information content (AvgIpc) is 3.10. The predicted molar refractivity (Wildman–Crippen MR) is 116 cm³/mol. The van der Waals surface area contributed by atoms with E-state index in [1.165, 1.54) is 16.6 Å². The molecule has 0 atom stereocenters. The van der Waals surface area contributed by atoms with Gasteiger partial charge < -0.3 is 10.2 Å². The summed E-state index contributed by atoms with van der Waals surface area (Å²) in [6.45, 7) is 6.52. The Bertz CT molecular complexity index is 1170. The number of aromatic nitrogens is 3. The molecule has 0 aliphatic heterocycles. The van der Waals surface area contributed by atoms with Gasteiger partial charge in [0.1, 0.15) is 5.69 Å². The van der Waals surface area contributed by atoms with Gasteiger partial charge in [0, 0.05) is 26.3 Å². The minimum atomic E-state index is -3.90. The van der Waals surface area contributed by atoms with Crippen LogP contribution in [0.15, 0.2) is 46.2 Å². The van der Waals surface area contributed by atoms with Gasteiger partial charge in [0.15, 0.2) is 16.4 Å². The Hall–Kier alpha value is -2.94. The summed E-state index contributed by atoms with van der Waals surface area (Å²) in [5, 5.41) is 7.22. The third kappa shape index (κ3) is 4.02. The highest BCUT2D eigenvalue weighted by Crippen LogP contribution is 2.31. The van der Waals surface area contributed by atoms with Gasteiger partial charge in [-0.15, -0.1) is 5.10 Å². The Morgan fingerprint density at radius 3 is 2.50 bits per heavy atom. The quantitative estimate of drug-likeness (QED) is 0.620. The molecule has 0 saturated heterocycles. The number of carbonyl (C=O) groups excluding carboxylic acids is 1. The highest BCUT2D eigenvalue weighted by Gasteiger charge is 2.30. The molecule has 8 nitrogen and oxygen atoms in total. The van der Waals surface area contributed by atoms with Gasteiger partial charge in [-0.05, 0) is 37.5 Å². The highest BCUT2D eigenvalue weighted by atomic mass is 32.2. The number of benzene rings is 1. The number of aryl methyl sites for hydroxylation is 1. The molecule has 0 unspecified atom stereocenters. The summed E-state index contributed by atoms with van der Waals surface area (Å²) >= 11 is 0. The van der Waals surface area contributed by atoms with Crippen LogP contribution in [-0.2, 0) is 9.84 Å². The maximum atomic E-state index is 13.4. The van der Waals surface area contributed by atoms with Gasteiger partial charge >= 0.3 is 0 Å². The molecule has 2 aromatic heterocycles. The standard InChI is InChI=1S/C21H27N5O3S/c1-14(2)11-12-25(5)21(27)17-13-15(3)23-20-18(19(22-4)24-26(17)20)30(28,29)16-9-7-6-8-10-16/h6-10,13-14H,11-12H2,1-5H3,(H,22,24). The third-order valence-corrected chi connectivity index (χ3v) is 6.65. The lowest BCUT2D eigenvalue weighted by Crippen LogP contribution is -2.30. The first-order chi connectivity index (χ1) is 14.2. The number of carbonyl (C=O) groups is 1. The van der Waals surface area contributed by atoms with Crippen LogP contribution in [0.1, 0.15) is 36.5 Å². The molecule has 9 heteroatoms. The first kappa shape index (κ1) is 21.8. The van der Waals surface area contributed by atoms with Crippen LogP contribution < -0.4 is 5.32 Å². The van der Waals surface area contributed by atoms with E-state index in [1.54, 1.807) is 50.2 Å². The molecule has 0 aliphatic carbocycles. The number of sulfone groups is 1. The zero-order valence-electron chi connectivity index (χ0n) is 17.9. The minimum Gasteiger partial charge on any atom is -0.370 e. The van der Waals surface area contributed by atoms with Crippen molar-refractivity contribution in [3.63, 3.8) is 0 Å². The zero-order chi connectivity index (χ0) is 22.1. The first-order valence-corrected chi connectivity index (χ1v) is 11.3. The van der Waals surface area contributed by atoms with Crippen LogP contribution in [0.5, 0.6) is 0 Å². The maximum absolute atomic E-state index is 13.4. The van der Waals surface area contributed by atoms with Crippen LogP contribution in [-0.4, -0.2) is 54.5 Å². The molecule has 3 aromatic rings. The molecule has 2 heterocycles. The van der Waals surface area contributed by atoms with Crippen LogP contribution in [0.2, 0.25) is 0 Å². The monoisotopic (exact) mass is 429 g/mol. The topological polar surface area (TPSA) is 96.7 Å². The molecule has 30 heavy (non-hydrogen) atoms. The van der Waals surface area contributed by atoms with E-state index in [1.807, 2.05) is 0 Å². The molecule has 1 N–H and O–H groups in total. The normalized spacial score (nSPS) is 11.8. The first-order valence-electron chi connectivity index (χ1n) is 9.80. The summed E-state index contributed by atoms with van der Waals surface area (Å²) in [6, 6.07) is 9.76. The van der Waals surface area contributed by atoms with Crippen molar-refractivity contribution in [2.75, 3.05) is 26.0 Å². The van der Waals surface area contributed by atoms with Crippen LogP contribution in [0.4, 0.5) is 5.82 Å². The summed E-state index contributed by atoms with van der Waals surface area (Å²) < 4.78 is 28.0. The van der Waals surface area contributed by atoms with Crippen LogP contribution in [0.25, 0.3) is 5.65 Å². The minimum absolute atomic E-state index is 0.0428. The molecule has 1 aromatic carbocycles. The Morgan fingerprint density at radius 2 is 1.90 bits per heavy atom. The van der Waals surface area contributed by atoms with Gasteiger partial charge in [-0.2, -0.15) is 0 Å². The van der Waals surface area contributed by atoms with E-state index in [4.69, 9.17) is 0 Å². The fraction of sp³-hybridized carbons (Fsp3) is 0.381. The van der Waals surface area contributed by atoms with Crippen molar-refractivity contribution in [3.05, 3.63) is 47.8 Å². The van der Waals surface area contributed by atoms with E-state index in [0.29, 0.717) is 18.2 Å². The van der Waals surface area contributed by atoms with E-state index >= 15 is 0 Å². The smallest absolute Gasteiger partial charge is 0.272 e. The maximum Gasteiger partial charge on any atom is 0.272 e. The molecule has 0 fully saturated rings. The Labute approximate surface area is 176 Å². The highest BCUT2D eigenvalue weighted by molar-refractivity contribution is 7.91. The van der Waals surface area contributed by atoms with Crippen LogP contribution in [0.3, 0.4) is 0 Å². The van der Waals surface area contributed by atoms with E-state index in [-0.39, 0.29) is 32.9 Å². The Balaban J connectivity index is 2.19. The molecule has 0 radical (unpaired) electrons. The molecule has 0 aliphatic rings. The van der Waals surface area contributed by atoms with E-state index < -0.39 is 9.84 Å². The van der Waals surface area contributed by atoms with Crippen molar-refractivity contribution >= 4 is 27.2 Å². The number of amides is 1. The molecule has 160 valence electrons. The van der Waals surface area contributed by atoms with Crippen molar-refractivity contribution in [1.29, 1.82) is 0 Å². The van der Waals surface area contributed by atoms with Crippen molar-refractivity contribution < 1.29 is 13.2 Å². The summed E-state index contributed by atoms with van der Waals surface area (Å²) in [7, 11) is -0.574. The van der Waals surface area contributed by atoms with Crippen molar-refractivity contribution in [1.82, 2.24) is 19.5 Å². The van der Waals surface area contributed by atoms with Gasteiger partial charge in [0.25, 0.3) is 5.91 Å². The van der Waals surface area contributed by atoms with Gasteiger partial charge in [-0.3, -0.25) is 4.79 Å². The largest absolute Gasteiger partial charge is 0.370 e. The van der Waals surface area contributed by atoms with Gasteiger partial charge in [-0.1, -0.05) is 32.0 Å². The number of hydrogen-bond donors (Lipinski definition) is 1. The van der Waals surface area contributed by atoms with Crippen LogP contribution in [0, 0.1) is 12.8 Å². The zero-order valence-corrected chi connectivity index (χ0v) is 18.7. The van der Waals surface area contributed by atoms with E-state index in [2.05, 4.69) is 29.2 Å². The predicted octanol–water partition coefficient (Wildman–Crippen LogP) is 3.03. The van der Waals surface area contributed by atoms with E-state index in [9.17, 15) is 13.2 Å². The number of nitrogens with zero attached hydrogens (tertiary/aromatic N) is 4. The molecule has 0 saturated carbocycles. The van der Waals surface area contributed by atoms with Gasteiger partial charge in [0.05, 0.1) is 4.90 Å². The van der Waals surface area contributed by atoms with Gasteiger partial charge in [-0.25, -0.2) is 17.9 Å². The molecule has 3 rings (SSSR count). The average molecular weight is 430 g/mol. The van der Waals surface area contributed by atoms with E-state index in [0.717, 1.165) is 6.42 Å². The SMILES string of the molecule is CNc1nn2c(C(=O)N(C)CCC(C)C)cc(C)nc2c1S(=O)(=O)c1ccccc1. The second-order valence-electron chi connectivity index (χ2n) is 7.67.